The van der Waals surface area contributed by atoms with Crippen LogP contribution in [0.25, 0.3) is 0 Å². The van der Waals surface area contributed by atoms with E-state index in [1.165, 1.54) is 0 Å². The van der Waals surface area contributed by atoms with Gasteiger partial charge in [-0.25, -0.2) is 0 Å². The molecule has 0 saturated heterocycles. The number of carbonyl (C=O) groups excluding carboxylic acids is 1. The Balaban J connectivity index is 1.42. The first-order valence-electron chi connectivity index (χ1n) is 12.1. The molecule has 0 radical (unpaired) electrons. The second kappa shape index (κ2) is 11.1. The van der Waals surface area contributed by atoms with Crippen molar-refractivity contribution < 1.29 is 28.5 Å². The molecule has 4 aromatic rings. The first-order chi connectivity index (χ1) is 18.1. The quantitative estimate of drug-likeness (QED) is 0.261. The highest BCUT2D eigenvalue weighted by molar-refractivity contribution is 6.00. The van der Waals surface area contributed by atoms with E-state index in [0.717, 1.165) is 16.7 Å². The van der Waals surface area contributed by atoms with Gasteiger partial charge < -0.3 is 23.7 Å². The number of methoxy groups -OCH3 is 2. The van der Waals surface area contributed by atoms with Crippen LogP contribution in [0.1, 0.15) is 39.6 Å². The van der Waals surface area contributed by atoms with Crippen LogP contribution in [0.5, 0.6) is 28.7 Å². The molecule has 6 heteroatoms. The maximum absolute atomic E-state index is 13.0. The van der Waals surface area contributed by atoms with Crippen molar-refractivity contribution in [3.8, 4) is 28.7 Å². The Morgan fingerprint density at radius 2 is 1.30 bits per heavy atom. The Morgan fingerprint density at radius 1 is 0.703 bits per heavy atom. The SMILES string of the molecule is COc1cc2c(cc1OC)C(=O)CC(c1ccc(OCc3ccccc3)c(OCc3ccccc3)c1)O2. The number of hydrogen-bond donors (Lipinski definition) is 0. The maximum atomic E-state index is 13.0. The van der Waals surface area contributed by atoms with E-state index in [0.29, 0.717) is 47.5 Å². The van der Waals surface area contributed by atoms with Crippen molar-refractivity contribution in [3.05, 3.63) is 113 Å². The number of benzene rings is 4. The molecular formula is C31H28O6. The van der Waals surface area contributed by atoms with Crippen LogP contribution in [-0.4, -0.2) is 20.0 Å². The molecule has 4 aromatic carbocycles. The lowest BCUT2D eigenvalue weighted by molar-refractivity contribution is 0.0848. The van der Waals surface area contributed by atoms with Crippen molar-refractivity contribution in [3.63, 3.8) is 0 Å². The highest BCUT2D eigenvalue weighted by atomic mass is 16.5. The summed E-state index contributed by atoms with van der Waals surface area (Å²) in [5.41, 5.74) is 3.41. The summed E-state index contributed by atoms with van der Waals surface area (Å²) in [4.78, 5) is 13.0. The molecule has 6 nitrogen and oxygen atoms in total. The van der Waals surface area contributed by atoms with Crippen LogP contribution in [0.4, 0.5) is 0 Å². The first-order valence-corrected chi connectivity index (χ1v) is 12.1. The van der Waals surface area contributed by atoms with E-state index in [1.807, 2.05) is 78.9 Å². The van der Waals surface area contributed by atoms with E-state index in [4.69, 9.17) is 23.7 Å². The molecule has 0 fully saturated rings. The normalized spacial score (nSPS) is 14.3. The van der Waals surface area contributed by atoms with Gasteiger partial charge in [-0.15, -0.1) is 0 Å². The van der Waals surface area contributed by atoms with Crippen molar-refractivity contribution >= 4 is 5.78 Å². The minimum atomic E-state index is -0.472. The Morgan fingerprint density at radius 3 is 1.92 bits per heavy atom. The molecular weight excluding hydrogens is 468 g/mol. The zero-order valence-corrected chi connectivity index (χ0v) is 20.8. The van der Waals surface area contributed by atoms with Gasteiger partial charge in [0.05, 0.1) is 26.2 Å². The van der Waals surface area contributed by atoms with Crippen LogP contribution < -0.4 is 23.7 Å². The zero-order valence-electron chi connectivity index (χ0n) is 20.8. The summed E-state index contributed by atoms with van der Waals surface area (Å²) in [5.74, 6) is 2.65. The molecule has 1 heterocycles. The van der Waals surface area contributed by atoms with Gasteiger partial charge in [-0.2, -0.15) is 0 Å². The Bertz CT molecular complexity index is 1370. The molecule has 1 unspecified atom stereocenters. The van der Waals surface area contributed by atoms with Gasteiger partial charge in [0.2, 0.25) is 0 Å². The van der Waals surface area contributed by atoms with E-state index >= 15 is 0 Å². The Labute approximate surface area is 216 Å². The molecule has 5 rings (SSSR count). The Hall–Kier alpha value is -4.45. The summed E-state index contributed by atoms with van der Waals surface area (Å²) in [5, 5.41) is 0. The fraction of sp³-hybridized carbons (Fsp3) is 0.194. The highest BCUT2D eigenvalue weighted by Gasteiger charge is 2.30. The third-order valence-corrected chi connectivity index (χ3v) is 6.24. The fourth-order valence-corrected chi connectivity index (χ4v) is 4.26. The third-order valence-electron chi connectivity index (χ3n) is 6.24. The summed E-state index contributed by atoms with van der Waals surface area (Å²) in [6.45, 7) is 0.797. The molecule has 1 atom stereocenters. The van der Waals surface area contributed by atoms with E-state index in [9.17, 15) is 4.79 Å². The molecule has 0 saturated carbocycles. The van der Waals surface area contributed by atoms with E-state index < -0.39 is 6.10 Å². The standard InChI is InChI=1S/C31H28O6/c1-33-29-16-24-25(32)17-27(37-28(24)18-30(29)34-2)23-13-14-26(35-19-21-9-5-3-6-10-21)31(15-23)36-20-22-11-7-4-8-12-22/h3-16,18,27H,17,19-20H2,1-2H3. The number of hydrogen-bond acceptors (Lipinski definition) is 6. The van der Waals surface area contributed by atoms with Crippen molar-refractivity contribution in [2.24, 2.45) is 0 Å². The van der Waals surface area contributed by atoms with Gasteiger partial charge in [-0.3, -0.25) is 4.79 Å². The molecule has 0 amide bonds. The highest BCUT2D eigenvalue weighted by Crippen LogP contribution is 2.42. The van der Waals surface area contributed by atoms with E-state index in [1.54, 1.807) is 26.4 Å². The second-order valence-electron chi connectivity index (χ2n) is 8.69. The predicted octanol–water partition coefficient (Wildman–Crippen LogP) is 6.57. The topological polar surface area (TPSA) is 63.2 Å². The zero-order chi connectivity index (χ0) is 25.6. The molecule has 0 bridgehead atoms. The number of ketones is 1. The summed E-state index contributed by atoms with van der Waals surface area (Å²) < 4.78 is 29.3. The molecule has 188 valence electrons. The number of carbonyl (C=O) groups is 1. The average molecular weight is 497 g/mol. The van der Waals surface area contributed by atoms with Crippen molar-refractivity contribution in [2.45, 2.75) is 25.7 Å². The smallest absolute Gasteiger partial charge is 0.170 e. The number of ether oxygens (including phenoxy) is 5. The lowest BCUT2D eigenvalue weighted by Gasteiger charge is -2.27. The van der Waals surface area contributed by atoms with Crippen molar-refractivity contribution in [2.75, 3.05) is 14.2 Å². The van der Waals surface area contributed by atoms with Crippen LogP contribution >= 0.6 is 0 Å². The van der Waals surface area contributed by atoms with Gasteiger partial charge in [-0.1, -0.05) is 66.7 Å². The van der Waals surface area contributed by atoms with Crippen LogP contribution in [0, 0.1) is 0 Å². The number of rotatable bonds is 9. The largest absolute Gasteiger partial charge is 0.493 e. The van der Waals surface area contributed by atoms with E-state index in [2.05, 4.69) is 0 Å². The van der Waals surface area contributed by atoms with Gasteiger partial charge in [0, 0.05) is 6.07 Å². The maximum Gasteiger partial charge on any atom is 0.170 e. The summed E-state index contributed by atoms with van der Waals surface area (Å²) >= 11 is 0. The summed E-state index contributed by atoms with van der Waals surface area (Å²) in [6.07, 6.45) is -0.273. The van der Waals surface area contributed by atoms with Crippen LogP contribution in [0.2, 0.25) is 0 Å². The molecule has 1 aliphatic heterocycles. The number of Topliss-reactive ketones (excluding diaryl/α,β-unsaturated/α-hetero) is 1. The summed E-state index contributed by atoms with van der Waals surface area (Å²) in [6, 6.07) is 29.0. The molecule has 37 heavy (non-hydrogen) atoms. The van der Waals surface area contributed by atoms with Gasteiger partial charge in [-0.05, 0) is 34.9 Å². The second-order valence-corrected chi connectivity index (χ2v) is 8.69. The van der Waals surface area contributed by atoms with Crippen LogP contribution in [0.15, 0.2) is 91.0 Å². The van der Waals surface area contributed by atoms with Gasteiger partial charge in [0.25, 0.3) is 0 Å². The molecule has 0 spiro atoms. The lowest BCUT2D eigenvalue weighted by Crippen LogP contribution is -2.20. The molecule has 0 aromatic heterocycles. The van der Waals surface area contributed by atoms with Crippen molar-refractivity contribution in [1.29, 1.82) is 0 Å². The molecule has 0 aliphatic carbocycles. The predicted molar refractivity (Wildman–Crippen MR) is 140 cm³/mol. The summed E-state index contributed by atoms with van der Waals surface area (Å²) in [7, 11) is 3.09. The minimum Gasteiger partial charge on any atom is -0.493 e. The van der Waals surface area contributed by atoms with Gasteiger partial charge in [0.15, 0.2) is 28.8 Å². The average Bonchev–Trinajstić information content (AvgIpc) is 2.95. The molecule has 0 N–H and O–H groups in total. The van der Waals surface area contributed by atoms with Crippen LogP contribution in [0.3, 0.4) is 0 Å². The monoisotopic (exact) mass is 496 g/mol. The van der Waals surface area contributed by atoms with Crippen molar-refractivity contribution in [1.82, 2.24) is 0 Å². The van der Waals surface area contributed by atoms with Gasteiger partial charge >= 0.3 is 0 Å². The van der Waals surface area contributed by atoms with E-state index in [-0.39, 0.29) is 12.2 Å². The molecule has 1 aliphatic rings. The fourth-order valence-electron chi connectivity index (χ4n) is 4.26. The minimum absolute atomic E-state index is 0.0247. The number of fused-ring (bicyclic) bond motifs is 1. The van der Waals surface area contributed by atoms with Crippen LogP contribution in [-0.2, 0) is 13.2 Å². The lowest BCUT2D eigenvalue weighted by atomic mass is 9.95. The Kier molecular flexibility index (Phi) is 7.26. The third kappa shape index (κ3) is 5.54. The van der Waals surface area contributed by atoms with Gasteiger partial charge in [0.1, 0.15) is 25.1 Å². The first kappa shape index (κ1) is 24.3.